The molecule has 2 N–H and O–H groups in total. The predicted octanol–water partition coefficient (Wildman–Crippen LogP) is 2.44. The topological polar surface area (TPSA) is 66.9 Å². The maximum atomic E-state index is 13.3. The quantitative estimate of drug-likeness (QED) is 0.897. The van der Waals surface area contributed by atoms with Crippen molar-refractivity contribution in [2.45, 2.75) is 18.9 Å². The van der Waals surface area contributed by atoms with E-state index in [0.29, 0.717) is 17.4 Å². The average molecular weight is 272 g/mol. The summed E-state index contributed by atoms with van der Waals surface area (Å²) >= 11 is 0. The maximum absolute atomic E-state index is 13.3. The molecule has 1 aromatic carbocycles. The minimum atomic E-state index is -0.372. The largest absolute Gasteiger partial charge is 0.381 e. The van der Waals surface area contributed by atoms with Crippen molar-refractivity contribution in [1.82, 2.24) is 9.97 Å². The Labute approximate surface area is 115 Å². The normalized spacial score (nSPS) is 13.8. The van der Waals surface area contributed by atoms with Gasteiger partial charge < -0.3 is 10.6 Å². The van der Waals surface area contributed by atoms with Gasteiger partial charge in [0, 0.05) is 18.4 Å². The minimum Gasteiger partial charge on any atom is -0.381 e. The highest BCUT2D eigenvalue weighted by atomic mass is 19.1. The number of halogens is 1. The van der Waals surface area contributed by atoms with E-state index in [1.54, 1.807) is 0 Å². The number of rotatable bonds is 4. The van der Waals surface area contributed by atoms with Crippen LogP contribution in [-0.2, 0) is 0 Å². The molecule has 102 valence electrons. The highest BCUT2D eigenvalue weighted by Gasteiger charge is 2.22. The van der Waals surface area contributed by atoms with Gasteiger partial charge in [-0.3, -0.25) is 9.78 Å². The maximum Gasteiger partial charge on any atom is 0.275 e. The fraction of sp³-hybridized carbons (Fsp3) is 0.214. The van der Waals surface area contributed by atoms with Crippen molar-refractivity contribution in [2.24, 2.45) is 0 Å². The van der Waals surface area contributed by atoms with E-state index in [2.05, 4.69) is 20.6 Å². The molecule has 0 spiro atoms. The molecule has 3 rings (SSSR count). The number of hydrogen-bond donors (Lipinski definition) is 2. The zero-order valence-corrected chi connectivity index (χ0v) is 10.6. The van der Waals surface area contributed by atoms with Crippen molar-refractivity contribution in [3.8, 4) is 0 Å². The summed E-state index contributed by atoms with van der Waals surface area (Å²) in [4.78, 5) is 19.8. The zero-order valence-electron chi connectivity index (χ0n) is 10.6. The fourth-order valence-electron chi connectivity index (χ4n) is 1.80. The first-order valence-corrected chi connectivity index (χ1v) is 6.36. The summed E-state index contributed by atoms with van der Waals surface area (Å²) in [5, 5.41) is 5.91. The van der Waals surface area contributed by atoms with Gasteiger partial charge in [-0.15, -0.1) is 0 Å². The van der Waals surface area contributed by atoms with Crippen LogP contribution in [0.2, 0.25) is 0 Å². The van der Waals surface area contributed by atoms with Crippen LogP contribution in [0.25, 0.3) is 0 Å². The summed E-state index contributed by atoms with van der Waals surface area (Å²) in [6.45, 7) is 0. The molecule has 0 unspecified atom stereocenters. The van der Waals surface area contributed by atoms with Crippen LogP contribution in [0.5, 0.6) is 0 Å². The van der Waals surface area contributed by atoms with Crippen molar-refractivity contribution in [3.05, 3.63) is 48.3 Å². The molecule has 0 bridgehead atoms. The first-order valence-electron chi connectivity index (χ1n) is 6.36. The average Bonchev–Trinajstić information content (AvgIpc) is 3.27. The van der Waals surface area contributed by atoms with Crippen LogP contribution >= 0.6 is 0 Å². The second kappa shape index (κ2) is 5.24. The summed E-state index contributed by atoms with van der Waals surface area (Å²) in [7, 11) is 0. The van der Waals surface area contributed by atoms with Crippen LogP contribution in [0, 0.1) is 5.82 Å². The molecule has 0 saturated heterocycles. The molecule has 1 aromatic heterocycles. The molecule has 20 heavy (non-hydrogen) atoms. The Kier molecular flexibility index (Phi) is 3.28. The van der Waals surface area contributed by atoms with Gasteiger partial charge in [-0.05, 0) is 31.0 Å². The van der Waals surface area contributed by atoms with E-state index in [4.69, 9.17) is 0 Å². The number of hydrogen-bond acceptors (Lipinski definition) is 4. The van der Waals surface area contributed by atoms with Crippen molar-refractivity contribution < 1.29 is 9.18 Å². The van der Waals surface area contributed by atoms with E-state index in [1.807, 2.05) is 0 Å². The smallest absolute Gasteiger partial charge is 0.275 e. The molecule has 1 fully saturated rings. The Morgan fingerprint density at radius 3 is 2.80 bits per heavy atom. The molecule has 0 radical (unpaired) electrons. The van der Waals surface area contributed by atoms with Crippen molar-refractivity contribution in [3.63, 3.8) is 0 Å². The van der Waals surface area contributed by atoms with E-state index in [0.717, 1.165) is 12.8 Å². The second-order valence-corrected chi connectivity index (χ2v) is 4.65. The van der Waals surface area contributed by atoms with Gasteiger partial charge in [-0.1, -0.05) is 0 Å². The molecular weight excluding hydrogens is 259 g/mol. The Hall–Kier alpha value is -2.50. The van der Waals surface area contributed by atoms with Crippen molar-refractivity contribution in [1.29, 1.82) is 0 Å². The van der Waals surface area contributed by atoms with Crippen LogP contribution in [0.3, 0.4) is 0 Å². The molecule has 1 aliphatic carbocycles. The van der Waals surface area contributed by atoms with Crippen LogP contribution < -0.4 is 10.6 Å². The minimum absolute atomic E-state index is 0.217. The van der Waals surface area contributed by atoms with E-state index < -0.39 is 0 Å². The molecule has 6 heteroatoms. The summed E-state index contributed by atoms with van der Waals surface area (Å²) in [6.07, 6.45) is 6.45. The van der Waals surface area contributed by atoms with E-state index >= 15 is 0 Å². The van der Waals surface area contributed by atoms with E-state index in [-0.39, 0.29) is 17.4 Å². The number of nitrogens with one attached hydrogen (secondary N) is 2. The number of aromatic nitrogens is 2. The Balaban J connectivity index is 1.81. The molecule has 1 saturated carbocycles. The molecule has 0 atom stereocenters. The van der Waals surface area contributed by atoms with Crippen LogP contribution in [0.4, 0.5) is 15.8 Å². The number of carbonyl (C=O) groups is 1. The number of carbonyl (C=O) groups excluding carboxylic acids is 1. The lowest BCUT2D eigenvalue weighted by Crippen LogP contribution is -2.15. The van der Waals surface area contributed by atoms with Crippen molar-refractivity contribution in [2.75, 3.05) is 10.6 Å². The number of nitrogens with zero attached hydrogens (tertiary/aromatic N) is 2. The number of benzene rings is 1. The van der Waals surface area contributed by atoms with Gasteiger partial charge in [-0.25, -0.2) is 9.37 Å². The van der Waals surface area contributed by atoms with Gasteiger partial charge in [0.25, 0.3) is 5.91 Å². The van der Waals surface area contributed by atoms with E-state index in [9.17, 15) is 9.18 Å². The summed E-state index contributed by atoms with van der Waals surface area (Å²) in [5.41, 5.74) is 1.34. The highest BCUT2D eigenvalue weighted by molar-refractivity contribution is 6.04. The summed E-state index contributed by atoms with van der Waals surface area (Å²) in [6, 6.07) is 4.59. The lowest BCUT2D eigenvalue weighted by Gasteiger charge is -2.12. The monoisotopic (exact) mass is 272 g/mol. The Morgan fingerprint density at radius 2 is 2.10 bits per heavy atom. The predicted molar refractivity (Wildman–Crippen MR) is 73.0 cm³/mol. The van der Waals surface area contributed by atoms with Crippen LogP contribution in [0.1, 0.15) is 23.3 Å². The number of amides is 1. The SMILES string of the molecule is O=C(Nc1ccc(F)cc1NC1CC1)c1cnccn1. The lowest BCUT2D eigenvalue weighted by atomic mass is 10.2. The fourth-order valence-corrected chi connectivity index (χ4v) is 1.80. The molecule has 2 aromatic rings. The molecule has 5 nitrogen and oxygen atoms in total. The van der Waals surface area contributed by atoms with Gasteiger partial charge in [0.15, 0.2) is 0 Å². The lowest BCUT2D eigenvalue weighted by molar-refractivity contribution is 0.102. The van der Waals surface area contributed by atoms with Gasteiger partial charge in [0.2, 0.25) is 0 Å². The third-order valence-corrected chi connectivity index (χ3v) is 2.96. The van der Waals surface area contributed by atoms with Gasteiger partial charge >= 0.3 is 0 Å². The molecule has 0 aliphatic heterocycles. The Bertz CT molecular complexity index is 628. The molecular formula is C14H13FN4O. The van der Waals surface area contributed by atoms with Crippen LogP contribution in [0.15, 0.2) is 36.8 Å². The zero-order chi connectivity index (χ0) is 13.9. The van der Waals surface area contributed by atoms with Crippen molar-refractivity contribution >= 4 is 17.3 Å². The molecule has 1 amide bonds. The highest BCUT2D eigenvalue weighted by Crippen LogP contribution is 2.30. The summed E-state index contributed by atoms with van der Waals surface area (Å²) < 4.78 is 13.3. The second-order valence-electron chi connectivity index (χ2n) is 4.65. The molecule has 1 heterocycles. The van der Waals surface area contributed by atoms with Gasteiger partial charge in [-0.2, -0.15) is 0 Å². The standard InChI is InChI=1S/C14H13FN4O/c15-9-1-4-11(12(7-9)18-10-2-3-10)19-14(20)13-8-16-5-6-17-13/h1,4-8,10,18H,2-3H2,(H,19,20). The molecule has 1 aliphatic rings. The van der Waals surface area contributed by atoms with Gasteiger partial charge in [0.1, 0.15) is 11.5 Å². The third kappa shape index (κ3) is 2.90. The van der Waals surface area contributed by atoms with Gasteiger partial charge in [0.05, 0.1) is 17.6 Å². The third-order valence-electron chi connectivity index (χ3n) is 2.96. The Morgan fingerprint density at radius 1 is 1.25 bits per heavy atom. The first-order chi connectivity index (χ1) is 9.72. The van der Waals surface area contributed by atoms with E-state index in [1.165, 1.54) is 36.8 Å². The number of anilines is 2. The summed E-state index contributed by atoms with van der Waals surface area (Å²) in [5.74, 6) is -0.714. The van der Waals surface area contributed by atoms with Crippen LogP contribution in [-0.4, -0.2) is 21.9 Å². The first kappa shape index (κ1) is 12.5.